The van der Waals surface area contributed by atoms with E-state index < -0.39 is 6.04 Å². The van der Waals surface area contributed by atoms with Gasteiger partial charge < -0.3 is 10.7 Å². The Morgan fingerprint density at radius 2 is 2.38 bits per heavy atom. The van der Waals surface area contributed by atoms with Gasteiger partial charge in [0.1, 0.15) is 6.04 Å². The molecule has 0 aromatic carbocycles. The van der Waals surface area contributed by atoms with Crippen molar-refractivity contribution < 1.29 is 4.79 Å². The molecule has 0 aliphatic heterocycles. The molecule has 0 saturated heterocycles. The van der Waals surface area contributed by atoms with Crippen LogP contribution < -0.4 is 11.2 Å². The van der Waals surface area contributed by atoms with Gasteiger partial charge in [-0.1, -0.05) is 0 Å². The first-order valence-electron chi connectivity index (χ1n) is 3.97. The number of aromatic amines is 1. The Labute approximate surface area is 76.9 Å². The van der Waals surface area contributed by atoms with Crippen LogP contribution in [0.15, 0.2) is 18.5 Å². The van der Waals surface area contributed by atoms with Crippen LogP contribution in [0.4, 0.5) is 0 Å². The number of nitrogens with zero attached hydrogens (tertiary/aromatic N) is 1. The molecule has 1 aromatic rings. The zero-order chi connectivity index (χ0) is 9.84. The highest BCUT2D eigenvalue weighted by Gasteiger charge is 2.15. The predicted molar refractivity (Wildman–Crippen MR) is 49.6 cm³/mol. The lowest BCUT2D eigenvalue weighted by Crippen LogP contribution is -2.41. The standard InChI is InChI=1S/C8H14N4O/c1-12(2)11-8(13)7(9)6-3-4-10-5-6/h3-5,7,10H,9H2,1-2H3,(H,11,13). The molecule has 1 rings (SSSR count). The van der Waals surface area contributed by atoms with E-state index in [4.69, 9.17) is 5.73 Å². The summed E-state index contributed by atoms with van der Waals surface area (Å²) in [6.07, 6.45) is 3.44. The lowest BCUT2D eigenvalue weighted by Gasteiger charge is -2.15. The van der Waals surface area contributed by atoms with Crippen molar-refractivity contribution in [3.05, 3.63) is 24.0 Å². The van der Waals surface area contributed by atoms with Crippen LogP contribution >= 0.6 is 0 Å². The van der Waals surface area contributed by atoms with Gasteiger partial charge in [-0.3, -0.25) is 10.2 Å². The number of hydrogen-bond donors (Lipinski definition) is 3. The van der Waals surface area contributed by atoms with E-state index >= 15 is 0 Å². The van der Waals surface area contributed by atoms with Crippen LogP contribution in [0.25, 0.3) is 0 Å². The van der Waals surface area contributed by atoms with E-state index in [-0.39, 0.29) is 5.91 Å². The van der Waals surface area contributed by atoms with Crippen LogP contribution in [0.3, 0.4) is 0 Å². The minimum Gasteiger partial charge on any atom is -0.367 e. The maximum Gasteiger partial charge on any atom is 0.255 e. The fourth-order valence-corrected chi connectivity index (χ4v) is 0.972. The molecule has 0 fully saturated rings. The summed E-state index contributed by atoms with van der Waals surface area (Å²) in [6, 6.07) is 1.16. The molecule has 1 heterocycles. The topological polar surface area (TPSA) is 74.2 Å². The van der Waals surface area contributed by atoms with Gasteiger partial charge in [-0.05, 0) is 11.6 Å². The van der Waals surface area contributed by atoms with Gasteiger partial charge in [0.05, 0.1) is 0 Å². The number of aromatic nitrogens is 1. The molecule has 1 unspecified atom stereocenters. The maximum atomic E-state index is 11.4. The molecule has 0 spiro atoms. The van der Waals surface area contributed by atoms with Gasteiger partial charge in [-0.15, -0.1) is 0 Å². The maximum absolute atomic E-state index is 11.4. The van der Waals surface area contributed by atoms with E-state index in [2.05, 4.69) is 10.4 Å². The normalized spacial score (nSPS) is 12.9. The molecule has 0 saturated carbocycles. The summed E-state index contributed by atoms with van der Waals surface area (Å²) in [5, 5.41) is 1.56. The molecular weight excluding hydrogens is 168 g/mol. The number of nitrogens with two attached hydrogens (primary N) is 1. The number of hydrazine groups is 1. The van der Waals surface area contributed by atoms with E-state index in [1.165, 1.54) is 0 Å². The average Bonchev–Trinajstić information content (AvgIpc) is 2.53. The summed E-state index contributed by atoms with van der Waals surface area (Å²) in [5.74, 6) is -0.218. The molecule has 0 aliphatic rings. The third kappa shape index (κ3) is 2.57. The Morgan fingerprint density at radius 3 is 2.85 bits per heavy atom. The van der Waals surface area contributed by atoms with E-state index in [0.717, 1.165) is 5.56 Å². The SMILES string of the molecule is CN(C)NC(=O)C(N)c1cc[nH]c1. The van der Waals surface area contributed by atoms with Crippen molar-refractivity contribution in [3.63, 3.8) is 0 Å². The summed E-state index contributed by atoms with van der Waals surface area (Å²) < 4.78 is 0. The molecule has 0 radical (unpaired) electrons. The van der Waals surface area contributed by atoms with Crippen LogP contribution in [0.5, 0.6) is 0 Å². The zero-order valence-electron chi connectivity index (χ0n) is 7.74. The lowest BCUT2D eigenvalue weighted by atomic mass is 10.1. The Morgan fingerprint density at radius 1 is 1.69 bits per heavy atom. The van der Waals surface area contributed by atoms with E-state index in [1.807, 2.05) is 0 Å². The van der Waals surface area contributed by atoms with Crippen molar-refractivity contribution in [3.8, 4) is 0 Å². The molecule has 0 aliphatic carbocycles. The average molecular weight is 182 g/mol. The van der Waals surface area contributed by atoms with Gasteiger partial charge in [0.25, 0.3) is 5.91 Å². The minimum absolute atomic E-state index is 0.218. The van der Waals surface area contributed by atoms with E-state index in [1.54, 1.807) is 37.6 Å². The summed E-state index contributed by atoms with van der Waals surface area (Å²) in [4.78, 5) is 14.2. The fourth-order valence-electron chi connectivity index (χ4n) is 0.972. The van der Waals surface area contributed by atoms with Crippen LogP contribution in [0.1, 0.15) is 11.6 Å². The van der Waals surface area contributed by atoms with Crippen LogP contribution in [-0.2, 0) is 4.79 Å². The van der Waals surface area contributed by atoms with Crippen molar-refractivity contribution in [1.82, 2.24) is 15.4 Å². The first-order valence-corrected chi connectivity index (χ1v) is 3.97. The summed E-state index contributed by atoms with van der Waals surface area (Å²) in [5.41, 5.74) is 9.04. The van der Waals surface area contributed by atoms with Crippen molar-refractivity contribution in [2.45, 2.75) is 6.04 Å². The molecule has 1 atom stereocenters. The second-order valence-corrected chi connectivity index (χ2v) is 2.99. The van der Waals surface area contributed by atoms with E-state index in [9.17, 15) is 4.79 Å². The largest absolute Gasteiger partial charge is 0.367 e. The number of rotatable bonds is 3. The second-order valence-electron chi connectivity index (χ2n) is 2.99. The summed E-state index contributed by atoms with van der Waals surface area (Å²) in [6.45, 7) is 0. The van der Waals surface area contributed by atoms with Gasteiger partial charge in [0, 0.05) is 26.5 Å². The quantitative estimate of drug-likeness (QED) is 0.557. The second kappa shape index (κ2) is 4.06. The molecule has 1 aromatic heterocycles. The summed E-state index contributed by atoms with van der Waals surface area (Å²) in [7, 11) is 3.48. The fraction of sp³-hybridized carbons (Fsp3) is 0.375. The molecule has 72 valence electrons. The number of carbonyl (C=O) groups is 1. The molecule has 5 nitrogen and oxygen atoms in total. The van der Waals surface area contributed by atoms with Crippen molar-refractivity contribution in [2.75, 3.05) is 14.1 Å². The number of nitrogens with one attached hydrogen (secondary N) is 2. The summed E-state index contributed by atoms with van der Waals surface area (Å²) >= 11 is 0. The van der Waals surface area contributed by atoms with Gasteiger partial charge in [0.15, 0.2) is 0 Å². The molecule has 13 heavy (non-hydrogen) atoms. The van der Waals surface area contributed by atoms with Crippen LogP contribution in [0, 0.1) is 0 Å². The minimum atomic E-state index is -0.617. The van der Waals surface area contributed by atoms with Crippen molar-refractivity contribution in [1.29, 1.82) is 0 Å². The molecule has 1 amide bonds. The molecular formula is C8H14N4O. The zero-order valence-corrected chi connectivity index (χ0v) is 7.74. The van der Waals surface area contributed by atoms with Crippen LogP contribution in [0.2, 0.25) is 0 Å². The van der Waals surface area contributed by atoms with E-state index in [0.29, 0.717) is 0 Å². The Balaban J connectivity index is 2.58. The first kappa shape index (κ1) is 9.76. The lowest BCUT2D eigenvalue weighted by molar-refractivity contribution is -0.126. The Hall–Kier alpha value is -1.33. The van der Waals surface area contributed by atoms with Gasteiger partial charge in [-0.25, -0.2) is 5.01 Å². The monoisotopic (exact) mass is 182 g/mol. The number of H-pyrrole nitrogens is 1. The predicted octanol–water partition coefficient (Wildman–Crippen LogP) is -0.393. The number of carbonyl (C=O) groups excluding carboxylic acids is 1. The van der Waals surface area contributed by atoms with Gasteiger partial charge >= 0.3 is 0 Å². The number of hydrogen-bond acceptors (Lipinski definition) is 3. The Bertz CT molecular complexity index is 268. The third-order valence-electron chi connectivity index (χ3n) is 1.60. The van der Waals surface area contributed by atoms with Crippen LogP contribution in [-0.4, -0.2) is 30.0 Å². The highest BCUT2D eigenvalue weighted by Crippen LogP contribution is 2.07. The smallest absolute Gasteiger partial charge is 0.255 e. The highest BCUT2D eigenvalue weighted by molar-refractivity contribution is 5.82. The first-order chi connectivity index (χ1) is 6.11. The van der Waals surface area contributed by atoms with Gasteiger partial charge in [-0.2, -0.15) is 0 Å². The van der Waals surface area contributed by atoms with Crippen molar-refractivity contribution >= 4 is 5.91 Å². The molecule has 5 heteroatoms. The third-order valence-corrected chi connectivity index (χ3v) is 1.60. The Kier molecular flexibility index (Phi) is 3.05. The number of amides is 1. The van der Waals surface area contributed by atoms with Crippen molar-refractivity contribution in [2.24, 2.45) is 5.73 Å². The molecule has 4 N–H and O–H groups in total. The van der Waals surface area contributed by atoms with Gasteiger partial charge in [0.2, 0.25) is 0 Å². The molecule has 0 bridgehead atoms. The highest BCUT2D eigenvalue weighted by atomic mass is 16.2.